The lowest BCUT2D eigenvalue weighted by Gasteiger charge is -2.09. The summed E-state index contributed by atoms with van der Waals surface area (Å²) in [5.41, 5.74) is 3.46. The third-order valence-corrected chi connectivity index (χ3v) is 3.84. The Hall–Kier alpha value is -1.84. The molecule has 1 aromatic heterocycles. The molecule has 0 radical (unpaired) electrons. The van der Waals surface area contributed by atoms with E-state index < -0.39 is 0 Å². The molecule has 0 saturated carbocycles. The van der Waals surface area contributed by atoms with Gasteiger partial charge in [-0.15, -0.1) is 0 Å². The molecule has 108 valence electrons. The maximum Gasteiger partial charge on any atom is 0.111 e. The van der Waals surface area contributed by atoms with Crippen molar-refractivity contribution >= 4 is 22.6 Å². The van der Waals surface area contributed by atoms with Gasteiger partial charge in [0.15, 0.2) is 0 Å². The van der Waals surface area contributed by atoms with E-state index in [-0.39, 0.29) is 0 Å². The van der Waals surface area contributed by atoms with Gasteiger partial charge in [-0.3, -0.25) is 0 Å². The standard InChI is InChI=1S/C17H18ClN3/c1-19-11-10-17-20-15-4-2-3-5-16(15)21(17)12-13-6-8-14(18)9-7-13/h2-9,19H,10-12H2,1H3. The zero-order valence-corrected chi connectivity index (χ0v) is 12.8. The molecular formula is C17H18ClN3. The number of imidazole rings is 1. The highest BCUT2D eigenvalue weighted by Gasteiger charge is 2.10. The molecule has 2 aromatic carbocycles. The first-order valence-corrected chi connectivity index (χ1v) is 7.49. The summed E-state index contributed by atoms with van der Waals surface area (Å²) in [6.45, 7) is 1.74. The summed E-state index contributed by atoms with van der Waals surface area (Å²) in [6, 6.07) is 16.3. The number of nitrogens with one attached hydrogen (secondary N) is 1. The van der Waals surface area contributed by atoms with Gasteiger partial charge in [-0.05, 0) is 36.9 Å². The molecule has 21 heavy (non-hydrogen) atoms. The third-order valence-electron chi connectivity index (χ3n) is 3.59. The van der Waals surface area contributed by atoms with Crippen LogP contribution in [0, 0.1) is 0 Å². The molecule has 0 unspecified atom stereocenters. The molecule has 0 aliphatic heterocycles. The Labute approximate surface area is 129 Å². The van der Waals surface area contributed by atoms with Gasteiger partial charge in [-0.1, -0.05) is 35.9 Å². The fraction of sp³-hybridized carbons (Fsp3) is 0.235. The van der Waals surface area contributed by atoms with Crippen LogP contribution in [0.15, 0.2) is 48.5 Å². The molecule has 4 heteroatoms. The second kappa shape index (κ2) is 6.29. The molecule has 3 aromatic rings. The Morgan fingerprint density at radius 1 is 1.10 bits per heavy atom. The van der Waals surface area contributed by atoms with Crippen LogP contribution in [0.2, 0.25) is 5.02 Å². The number of hydrogen-bond donors (Lipinski definition) is 1. The quantitative estimate of drug-likeness (QED) is 0.781. The first-order chi connectivity index (χ1) is 10.3. The fourth-order valence-electron chi connectivity index (χ4n) is 2.50. The van der Waals surface area contributed by atoms with Crippen LogP contribution >= 0.6 is 11.6 Å². The molecule has 3 nitrogen and oxygen atoms in total. The number of para-hydroxylation sites is 2. The number of rotatable bonds is 5. The molecule has 0 atom stereocenters. The molecule has 3 rings (SSSR count). The van der Waals surface area contributed by atoms with Gasteiger partial charge in [0.2, 0.25) is 0 Å². The number of nitrogens with zero attached hydrogens (tertiary/aromatic N) is 2. The van der Waals surface area contributed by atoms with Gasteiger partial charge in [0.05, 0.1) is 11.0 Å². The van der Waals surface area contributed by atoms with Crippen LogP contribution in [0.1, 0.15) is 11.4 Å². The Balaban J connectivity index is 1.99. The lowest BCUT2D eigenvalue weighted by atomic mass is 10.2. The Kier molecular flexibility index (Phi) is 4.23. The van der Waals surface area contributed by atoms with E-state index in [9.17, 15) is 0 Å². The van der Waals surface area contributed by atoms with E-state index in [2.05, 4.69) is 40.2 Å². The van der Waals surface area contributed by atoms with E-state index in [1.807, 2.05) is 25.2 Å². The third kappa shape index (κ3) is 3.09. The number of benzene rings is 2. The van der Waals surface area contributed by atoms with Gasteiger partial charge in [-0.25, -0.2) is 4.98 Å². The van der Waals surface area contributed by atoms with Gasteiger partial charge in [0, 0.05) is 24.5 Å². The van der Waals surface area contributed by atoms with Gasteiger partial charge < -0.3 is 9.88 Å². The predicted molar refractivity (Wildman–Crippen MR) is 87.9 cm³/mol. The van der Waals surface area contributed by atoms with Crippen molar-refractivity contribution in [3.63, 3.8) is 0 Å². The Morgan fingerprint density at radius 2 is 1.86 bits per heavy atom. The average Bonchev–Trinajstić information content (AvgIpc) is 2.85. The number of hydrogen-bond acceptors (Lipinski definition) is 2. The largest absolute Gasteiger partial charge is 0.323 e. The summed E-state index contributed by atoms with van der Waals surface area (Å²) in [7, 11) is 1.96. The average molecular weight is 300 g/mol. The molecule has 0 spiro atoms. The van der Waals surface area contributed by atoms with Crippen molar-refractivity contribution in [3.05, 3.63) is 64.9 Å². The zero-order valence-electron chi connectivity index (χ0n) is 12.0. The molecule has 0 aliphatic rings. The summed E-state index contributed by atoms with van der Waals surface area (Å²) in [4.78, 5) is 4.76. The fourth-order valence-corrected chi connectivity index (χ4v) is 2.63. The van der Waals surface area contributed by atoms with Crippen LogP contribution in [0.5, 0.6) is 0 Å². The van der Waals surface area contributed by atoms with Crippen LogP contribution < -0.4 is 5.32 Å². The minimum atomic E-state index is 0.768. The summed E-state index contributed by atoms with van der Waals surface area (Å²) >= 11 is 5.96. The van der Waals surface area contributed by atoms with Crippen molar-refractivity contribution in [2.45, 2.75) is 13.0 Å². The van der Waals surface area contributed by atoms with E-state index >= 15 is 0 Å². The Bertz CT molecular complexity index is 731. The van der Waals surface area contributed by atoms with Crippen LogP contribution in [0.3, 0.4) is 0 Å². The second-order valence-corrected chi connectivity index (χ2v) is 5.52. The molecule has 1 heterocycles. The van der Waals surface area contributed by atoms with Gasteiger partial charge in [0.1, 0.15) is 5.82 Å². The van der Waals surface area contributed by atoms with E-state index in [0.717, 1.165) is 35.9 Å². The lowest BCUT2D eigenvalue weighted by molar-refractivity contribution is 0.696. The van der Waals surface area contributed by atoms with Gasteiger partial charge in [0.25, 0.3) is 0 Å². The van der Waals surface area contributed by atoms with E-state index in [4.69, 9.17) is 16.6 Å². The zero-order chi connectivity index (χ0) is 14.7. The number of fused-ring (bicyclic) bond motifs is 1. The van der Waals surface area contributed by atoms with Crippen LogP contribution in [0.25, 0.3) is 11.0 Å². The molecule has 0 bridgehead atoms. The maximum absolute atomic E-state index is 5.96. The minimum absolute atomic E-state index is 0.768. The van der Waals surface area contributed by atoms with E-state index in [1.54, 1.807) is 0 Å². The SMILES string of the molecule is CNCCc1nc2ccccc2n1Cc1ccc(Cl)cc1. The van der Waals surface area contributed by atoms with Crippen molar-refractivity contribution in [2.75, 3.05) is 13.6 Å². The second-order valence-electron chi connectivity index (χ2n) is 5.08. The van der Waals surface area contributed by atoms with Crippen LogP contribution in [-0.4, -0.2) is 23.1 Å². The summed E-state index contributed by atoms with van der Waals surface area (Å²) in [5.74, 6) is 1.11. The highest BCUT2D eigenvalue weighted by molar-refractivity contribution is 6.30. The van der Waals surface area contributed by atoms with Gasteiger partial charge >= 0.3 is 0 Å². The first-order valence-electron chi connectivity index (χ1n) is 7.11. The van der Waals surface area contributed by atoms with E-state index in [1.165, 1.54) is 11.1 Å². The maximum atomic E-state index is 5.96. The molecule has 0 amide bonds. The number of aromatic nitrogens is 2. The summed E-state index contributed by atoms with van der Waals surface area (Å²) in [6.07, 6.45) is 0.915. The lowest BCUT2D eigenvalue weighted by Crippen LogP contribution is -2.14. The van der Waals surface area contributed by atoms with Crippen molar-refractivity contribution in [1.82, 2.24) is 14.9 Å². The highest BCUT2D eigenvalue weighted by Crippen LogP contribution is 2.19. The molecule has 0 fully saturated rings. The predicted octanol–water partition coefficient (Wildman–Crippen LogP) is 3.50. The first kappa shape index (κ1) is 14.1. The molecule has 1 N–H and O–H groups in total. The highest BCUT2D eigenvalue weighted by atomic mass is 35.5. The van der Waals surface area contributed by atoms with Crippen molar-refractivity contribution in [3.8, 4) is 0 Å². The Morgan fingerprint density at radius 3 is 2.62 bits per heavy atom. The molecule has 0 saturated heterocycles. The topological polar surface area (TPSA) is 29.9 Å². The van der Waals surface area contributed by atoms with E-state index in [0.29, 0.717) is 0 Å². The van der Waals surface area contributed by atoms with Crippen LogP contribution in [-0.2, 0) is 13.0 Å². The van der Waals surface area contributed by atoms with Gasteiger partial charge in [-0.2, -0.15) is 0 Å². The van der Waals surface area contributed by atoms with Crippen molar-refractivity contribution in [1.29, 1.82) is 0 Å². The van der Waals surface area contributed by atoms with Crippen LogP contribution in [0.4, 0.5) is 0 Å². The normalized spacial score (nSPS) is 11.1. The van der Waals surface area contributed by atoms with Crippen molar-refractivity contribution < 1.29 is 0 Å². The minimum Gasteiger partial charge on any atom is -0.323 e. The summed E-state index contributed by atoms with van der Waals surface area (Å²) in [5, 5.41) is 3.96. The number of halogens is 1. The smallest absolute Gasteiger partial charge is 0.111 e. The molecular weight excluding hydrogens is 282 g/mol. The summed E-state index contributed by atoms with van der Waals surface area (Å²) < 4.78 is 2.29. The molecule has 0 aliphatic carbocycles. The van der Waals surface area contributed by atoms with Crippen molar-refractivity contribution in [2.24, 2.45) is 0 Å². The monoisotopic (exact) mass is 299 g/mol. The number of likely N-dealkylation sites (N-methyl/N-ethyl adjacent to an activating group) is 1.